The van der Waals surface area contributed by atoms with Gasteiger partial charge in [-0.15, -0.1) is 0 Å². The average molecular weight is 344 g/mol. The van der Waals surface area contributed by atoms with E-state index in [9.17, 15) is 13.2 Å². The summed E-state index contributed by atoms with van der Waals surface area (Å²) in [6.45, 7) is 0. The second kappa shape index (κ2) is 6.73. The van der Waals surface area contributed by atoms with Crippen molar-refractivity contribution >= 4 is 15.7 Å². The number of carbonyl (C=O) groups is 1. The fraction of sp³-hybridized carbons (Fsp3) is 0.333. The van der Waals surface area contributed by atoms with Gasteiger partial charge in [0.2, 0.25) is 5.91 Å². The number of likely N-dealkylation sites (N-methyl/N-ethyl adjacent to an activating group) is 1. The van der Waals surface area contributed by atoms with Crippen molar-refractivity contribution in [1.82, 2.24) is 9.88 Å². The number of aromatic nitrogens is 1. The van der Waals surface area contributed by atoms with Gasteiger partial charge in [0.15, 0.2) is 9.84 Å². The Morgan fingerprint density at radius 1 is 1.17 bits per heavy atom. The Morgan fingerprint density at radius 3 is 2.46 bits per heavy atom. The first-order valence-corrected chi connectivity index (χ1v) is 9.73. The van der Waals surface area contributed by atoms with E-state index in [1.165, 1.54) is 0 Å². The topological polar surface area (TPSA) is 67.3 Å². The second-order valence-electron chi connectivity index (χ2n) is 6.10. The molecule has 0 bridgehead atoms. The highest BCUT2D eigenvalue weighted by molar-refractivity contribution is 7.91. The second-order valence-corrected chi connectivity index (χ2v) is 8.33. The summed E-state index contributed by atoms with van der Waals surface area (Å²) in [5.74, 6) is -0.462. The molecular formula is C18H20N2O3S. The van der Waals surface area contributed by atoms with Gasteiger partial charge in [-0.1, -0.05) is 36.4 Å². The minimum absolute atomic E-state index is 0.0406. The summed E-state index contributed by atoms with van der Waals surface area (Å²) in [6.07, 6.45) is 2.16. The number of benzene rings is 1. The van der Waals surface area contributed by atoms with E-state index in [4.69, 9.17) is 0 Å². The normalized spacial score (nSPS) is 20.5. The molecule has 1 aliphatic rings. The highest BCUT2D eigenvalue weighted by atomic mass is 32.2. The molecule has 2 unspecified atom stereocenters. The van der Waals surface area contributed by atoms with Gasteiger partial charge in [0.05, 0.1) is 17.2 Å². The molecule has 126 valence electrons. The predicted octanol–water partition coefficient (Wildman–Crippen LogP) is 1.86. The molecule has 1 saturated heterocycles. The Labute approximate surface area is 142 Å². The van der Waals surface area contributed by atoms with E-state index < -0.39 is 15.8 Å². The highest BCUT2D eigenvalue weighted by Crippen LogP contribution is 2.27. The maximum Gasteiger partial charge on any atom is 0.236 e. The van der Waals surface area contributed by atoms with Crippen molar-refractivity contribution in [2.24, 2.45) is 0 Å². The Hall–Kier alpha value is -2.21. The molecule has 6 heteroatoms. The van der Waals surface area contributed by atoms with E-state index in [-0.39, 0.29) is 23.5 Å². The summed E-state index contributed by atoms with van der Waals surface area (Å²) < 4.78 is 23.5. The van der Waals surface area contributed by atoms with E-state index in [0.717, 1.165) is 5.56 Å². The summed E-state index contributed by atoms with van der Waals surface area (Å²) in [5.41, 5.74) is 1.52. The number of carbonyl (C=O) groups excluding carboxylic acids is 1. The number of rotatable bonds is 4. The molecule has 5 nitrogen and oxygen atoms in total. The molecule has 2 atom stereocenters. The first-order valence-electron chi connectivity index (χ1n) is 7.91. The van der Waals surface area contributed by atoms with Gasteiger partial charge in [0, 0.05) is 19.3 Å². The Morgan fingerprint density at radius 2 is 1.88 bits per heavy atom. The molecule has 0 saturated carbocycles. The van der Waals surface area contributed by atoms with E-state index >= 15 is 0 Å². The first-order chi connectivity index (χ1) is 11.5. The fourth-order valence-electron chi connectivity index (χ4n) is 3.10. The third-order valence-electron chi connectivity index (χ3n) is 4.47. The van der Waals surface area contributed by atoms with Gasteiger partial charge in [-0.25, -0.2) is 8.42 Å². The summed E-state index contributed by atoms with van der Waals surface area (Å²) in [7, 11) is -1.35. The monoisotopic (exact) mass is 344 g/mol. The smallest absolute Gasteiger partial charge is 0.236 e. The van der Waals surface area contributed by atoms with Crippen molar-refractivity contribution in [3.63, 3.8) is 0 Å². The Bertz CT molecular complexity index is 767. The van der Waals surface area contributed by atoms with Crippen LogP contribution in [0.3, 0.4) is 0 Å². The fourth-order valence-corrected chi connectivity index (χ4v) is 4.87. The quantitative estimate of drug-likeness (QED) is 0.849. The van der Waals surface area contributed by atoms with E-state index in [0.29, 0.717) is 12.1 Å². The van der Waals surface area contributed by atoms with Gasteiger partial charge in [-0.3, -0.25) is 9.78 Å². The molecule has 0 N–H and O–H groups in total. The van der Waals surface area contributed by atoms with Gasteiger partial charge in [0.25, 0.3) is 0 Å². The van der Waals surface area contributed by atoms with Crippen LogP contribution in [0.25, 0.3) is 0 Å². The number of amides is 1. The van der Waals surface area contributed by atoms with Gasteiger partial charge in [0.1, 0.15) is 5.92 Å². The SMILES string of the molecule is CN(C(=O)C(c1ccccc1)c1ccccn1)C1CCS(=O)(=O)C1. The summed E-state index contributed by atoms with van der Waals surface area (Å²) in [6, 6.07) is 14.7. The van der Waals surface area contributed by atoms with E-state index in [1.807, 2.05) is 48.5 Å². The van der Waals surface area contributed by atoms with Gasteiger partial charge in [-0.2, -0.15) is 0 Å². The number of nitrogens with zero attached hydrogens (tertiary/aromatic N) is 2. The lowest BCUT2D eigenvalue weighted by atomic mass is 9.93. The lowest BCUT2D eigenvalue weighted by Gasteiger charge is -2.28. The Balaban J connectivity index is 1.92. The van der Waals surface area contributed by atoms with Crippen LogP contribution in [0.4, 0.5) is 0 Å². The largest absolute Gasteiger partial charge is 0.341 e. The van der Waals surface area contributed by atoms with Gasteiger partial charge < -0.3 is 4.90 Å². The lowest BCUT2D eigenvalue weighted by molar-refractivity contribution is -0.132. The molecular weight excluding hydrogens is 324 g/mol. The predicted molar refractivity (Wildman–Crippen MR) is 92.4 cm³/mol. The van der Waals surface area contributed by atoms with Crippen LogP contribution in [0.2, 0.25) is 0 Å². The molecule has 2 heterocycles. The molecule has 24 heavy (non-hydrogen) atoms. The van der Waals surface area contributed by atoms with Crippen LogP contribution >= 0.6 is 0 Å². The molecule has 1 aromatic carbocycles. The van der Waals surface area contributed by atoms with Crippen molar-refractivity contribution in [3.05, 3.63) is 66.0 Å². The molecule has 1 aliphatic heterocycles. The van der Waals surface area contributed by atoms with Gasteiger partial charge >= 0.3 is 0 Å². The van der Waals surface area contributed by atoms with Crippen LogP contribution in [0, 0.1) is 0 Å². The Kier molecular flexibility index (Phi) is 4.66. The third kappa shape index (κ3) is 3.48. The van der Waals surface area contributed by atoms with Gasteiger partial charge in [-0.05, 0) is 24.1 Å². The standard InChI is InChI=1S/C18H20N2O3S/c1-20(15-10-12-24(22,23)13-15)18(21)17(14-7-3-2-4-8-14)16-9-5-6-11-19-16/h2-9,11,15,17H,10,12-13H2,1H3. The zero-order valence-electron chi connectivity index (χ0n) is 13.5. The van der Waals surface area contributed by atoms with Crippen LogP contribution in [-0.2, 0) is 14.6 Å². The number of sulfone groups is 1. The average Bonchev–Trinajstić information content (AvgIpc) is 2.96. The number of hydrogen-bond acceptors (Lipinski definition) is 4. The molecule has 0 aliphatic carbocycles. The van der Waals surface area contributed by atoms with Crippen molar-refractivity contribution in [2.45, 2.75) is 18.4 Å². The molecule has 1 amide bonds. The maximum atomic E-state index is 13.1. The molecule has 3 rings (SSSR count). The maximum absolute atomic E-state index is 13.1. The van der Waals surface area contributed by atoms with E-state index in [1.54, 1.807) is 18.1 Å². The van der Waals surface area contributed by atoms with Crippen molar-refractivity contribution in [1.29, 1.82) is 0 Å². The van der Waals surface area contributed by atoms with E-state index in [2.05, 4.69) is 4.98 Å². The van der Waals surface area contributed by atoms with Crippen LogP contribution in [0.1, 0.15) is 23.6 Å². The number of hydrogen-bond donors (Lipinski definition) is 0. The van der Waals surface area contributed by atoms with Crippen LogP contribution in [0.5, 0.6) is 0 Å². The first kappa shape index (κ1) is 16.6. The minimum Gasteiger partial charge on any atom is -0.341 e. The van der Waals surface area contributed by atoms with Crippen LogP contribution in [0.15, 0.2) is 54.7 Å². The zero-order chi connectivity index (χ0) is 17.2. The minimum atomic E-state index is -3.04. The summed E-state index contributed by atoms with van der Waals surface area (Å²) >= 11 is 0. The molecule has 0 radical (unpaired) electrons. The van der Waals surface area contributed by atoms with Crippen LogP contribution in [-0.4, -0.2) is 48.8 Å². The molecule has 1 fully saturated rings. The lowest BCUT2D eigenvalue weighted by Crippen LogP contribution is -2.41. The summed E-state index contributed by atoms with van der Waals surface area (Å²) in [4.78, 5) is 19.1. The van der Waals surface area contributed by atoms with Crippen molar-refractivity contribution in [2.75, 3.05) is 18.6 Å². The molecule has 0 spiro atoms. The third-order valence-corrected chi connectivity index (χ3v) is 6.22. The number of pyridine rings is 1. The van der Waals surface area contributed by atoms with Crippen molar-refractivity contribution in [3.8, 4) is 0 Å². The highest BCUT2D eigenvalue weighted by Gasteiger charge is 2.36. The van der Waals surface area contributed by atoms with Crippen molar-refractivity contribution < 1.29 is 13.2 Å². The zero-order valence-corrected chi connectivity index (χ0v) is 14.3. The molecule has 1 aromatic heterocycles. The molecule has 2 aromatic rings. The van der Waals surface area contributed by atoms with Crippen LogP contribution < -0.4 is 0 Å². The summed E-state index contributed by atoms with van der Waals surface area (Å²) in [5, 5.41) is 0.